The number of thiazole rings is 1. The standard InChI is InChI=1S/C18H20N2O3S/c1-11-6-8-12(9-7-11)15-10-24-18(19-15)20-16(21)13-4-2-3-5-14(13)17(22)23/h6-10,13-14H,2-5H2,1H3,(H,22,23)(H,19,20,21)/p-1/t13-,14-/m0/s1. The number of rotatable bonds is 4. The first kappa shape index (κ1) is 16.6. The van der Waals surface area contributed by atoms with Crippen LogP contribution >= 0.6 is 11.3 Å². The molecule has 126 valence electrons. The second-order valence-electron chi connectivity index (χ2n) is 6.21. The van der Waals surface area contributed by atoms with Crippen molar-refractivity contribution in [2.75, 3.05) is 5.32 Å². The third kappa shape index (κ3) is 3.64. The molecule has 0 saturated heterocycles. The summed E-state index contributed by atoms with van der Waals surface area (Å²) in [6.07, 6.45) is 2.79. The number of benzene rings is 1. The molecule has 0 aliphatic heterocycles. The fourth-order valence-corrected chi connectivity index (χ4v) is 3.84. The molecule has 0 bridgehead atoms. The van der Waals surface area contributed by atoms with E-state index in [1.165, 1.54) is 16.9 Å². The van der Waals surface area contributed by atoms with Gasteiger partial charge in [-0.15, -0.1) is 11.3 Å². The first-order valence-corrected chi connectivity index (χ1v) is 8.97. The summed E-state index contributed by atoms with van der Waals surface area (Å²) in [5.41, 5.74) is 2.96. The molecule has 1 amide bonds. The van der Waals surface area contributed by atoms with Crippen molar-refractivity contribution in [2.24, 2.45) is 11.8 Å². The molecular formula is C18H19N2O3S-. The maximum atomic E-state index is 12.4. The van der Waals surface area contributed by atoms with Crippen LogP contribution in [-0.2, 0) is 9.59 Å². The number of carbonyl (C=O) groups excluding carboxylic acids is 2. The molecular weight excluding hydrogens is 324 g/mol. The van der Waals surface area contributed by atoms with Crippen molar-refractivity contribution in [2.45, 2.75) is 32.6 Å². The average Bonchev–Trinajstić information content (AvgIpc) is 3.04. The van der Waals surface area contributed by atoms with E-state index in [0.29, 0.717) is 18.0 Å². The lowest BCUT2D eigenvalue weighted by Gasteiger charge is -2.30. The van der Waals surface area contributed by atoms with Crippen LogP contribution in [0.25, 0.3) is 11.3 Å². The molecule has 0 radical (unpaired) electrons. The third-order valence-corrected chi connectivity index (χ3v) is 5.24. The SMILES string of the molecule is Cc1ccc(-c2csc(NC(=O)[C@H]3CCCC[C@@H]3C(=O)[O-])n2)cc1. The Kier molecular flexibility index (Phi) is 4.94. The third-order valence-electron chi connectivity index (χ3n) is 4.49. The quantitative estimate of drug-likeness (QED) is 0.925. The fraction of sp³-hybridized carbons (Fsp3) is 0.389. The molecule has 24 heavy (non-hydrogen) atoms. The monoisotopic (exact) mass is 343 g/mol. The summed E-state index contributed by atoms with van der Waals surface area (Å²) in [7, 11) is 0. The highest BCUT2D eigenvalue weighted by atomic mass is 32.1. The molecule has 1 aromatic heterocycles. The van der Waals surface area contributed by atoms with E-state index < -0.39 is 17.8 Å². The van der Waals surface area contributed by atoms with Crippen LogP contribution in [0.2, 0.25) is 0 Å². The predicted octanol–water partition coefficient (Wildman–Crippen LogP) is 2.61. The predicted molar refractivity (Wildman–Crippen MR) is 91.4 cm³/mol. The van der Waals surface area contributed by atoms with Crippen molar-refractivity contribution < 1.29 is 14.7 Å². The molecule has 2 aromatic rings. The zero-order valence-corrected chi connectivity index (χ0v) is 14.3. The Bertz CT molecular complexity index is 739. The van der Waals surface area contributed by atoms with E-state index in [4.69, 9.17) is 0 Å². The molecule has 1 aliphatic carbocycles. The summed E-state index contributed by atoms with van der Waals surface area (Å²) >= 11 is 1.34. The van der Waals surface area contributed by atoms with E-state index in [0.717, 1.165) is 24.1 Å². The first-order valence-electron chi connectivity index (χ1n) is 8.09. The van der Waals surface area contributed by atoms with Crippen LogP contribution in [0.3, 0.4) is 0 Å². The van der Waals surface area contributed by atoms with E-state index in [-0.39, 0.29) is 5.91 Å². The van der Waals surface area contributed by atoms with Gasteiger partial charge in [-0.1, -0.05) is 42.7 Å². The van der Waals surface area contributed by atoms with Gasteiger partial charge in [-0.3, -0.25) is 4.79 Å². The van der Waals surface area contributed by atoms with Crippen LogP contribution in [0.15, 0.2) is 29.6 Å². The number of carboxylic acid groups (broad SMARTS) is 1. The van der Waals surface area contributed by atoms with Gasteiger partial charge in [0, 0.05) is 28.7 Å². The van der Waals surface area contributed by atoms with Gasteiger partial charge in [0.1, 0.15) is 0 Å². The highest BCUT2D eigenvalue weighted by Gasteiger charge is 2.32. The van der Waals surface area contributed by atoms with Gasteiger partial charge in [-0.25, -0.2) is 4.98 Å². The molecule has 1 aliphatic rings. The summed E-state index contributed by atoms with van der Waals surface area (Å²) < 4.78 is 0. The number of hydrogen-bond acceptors (Lipinski definition) is 5. The summed E-state index contributed by atoms with van der Waals surface area (Å²) in [6, 6.07) is 8.01. The molecule has 0 spiro atoms. The number of aliphatic carboxylic acids is 1. The Morgan fingerprint density at radius 2 is 1.83 bits per heavy atom. The van der Waals surface area contributed by atoms with E-state index in [1.807, 2.05) is 36.6 Å². The molecule has 1 saturated carbocycles. The lowest BCUT2D eigenvalue weighted by molar-refractivity contribution is -0.313. The molecule has 5 nitrogen and oxygen atoms in total. The number of anilines is 1. The maximum absolute atomic E-state index is 12.4. The van der Waals surface area contributed by atoms with Gasteiger partial charge in [-0.05, 0) is 19.8 Å². The van der Waals surface area contributed by atoms with Crippen molar-refractivity contribution in [3.05, 3.63) is 35.2 Å². The largest absolute Gasteiger partial charge is 0.550 e. The molecule has 6 heteroatoms. The second kappa shape index (κ2) is 7.13. The van der Waals surface area contributed by atoms with Gasteiger partial charge in [0.25, 0.3) is 0 Å². The number of amides is 1. The molecule has 1 N–H and O–H groups in total. The number of aryl methyl sites for hydroxylation is 1. The van der Waals surface area contributed by atoms with Crippen molar-refractivity contribution in [3.63, 3.8) is 0 Å². The number of carboxylic acids is 1. The lowest BCUT2D eigenvalue weighted by Crippen LogP contribution is -2.42. The molecule has 1 fully saturated rings. The minimum atomic E-state index is -1.13. The Balaban J connectivity index is 1.70. The van der Waals surface area contributed by atoms with Crippen LogP contribution in [-0.4, -0.2) is 16.9 Å². The number of aromatic nitrogens is 1. The minimum absolute atomic E-state index is 0.270. The van der Waals surface area contributed by atoms with E-state index in [1.54, 1.807) is 0 Å². The maximum Gasteiger partial charge on any atom is 0.229 e. The Morgan fingerprint density at radius 1 is 1.17 bits per heavy atom. The first-order chi connectivity index (χ1) is 11.5. The Labute approximate surface area is 144 Å². The summed E-state index contributed by atoms with van der Waals surface area (Å²) in [6.45, 7) is 2.02. The topological polar surface area (TPSA) is 82.1 Å². The Hall–Kier alpha value is -2.21. The molecule has 2 atom stereocenters. The second-order valence-corrected chi connectivity index (χ2v) is 7.07. The number of nitrogens with one attached hydrogen (secondary N) is 1. The molecule has 3 rings (SSSR count). The molecule has 1 aromatic carbocycles. The van der Waals surface area contributed by atoms with Gasteiger partial charge in [0.05, 0.1) is 5.69 Å². The normalized spacial score (nSPS) is 20.5. The van der Waals surface area contributed by atoms with E-state index >= 15 is 0 Å². The lowest BCUT2D eigenvalue weighted by atomic mass is 9.79. The minimum Gasteiger partial charge on any atom is -0.550 e. The van der Waals surface area contributed by atoms with Crippen LogP contribution < -0.4 is 10.4 Å². The van der Waals surface area contributed by atoms with Crippen LogP contribution in [0.4, 0.5) is 5.13 Å². The number of nitrogens with zero attached hydrogens (tertiary/aromatic N) is 1. The number of carbonyl (C=O) groups is 2. The van der Waals surface area contributed by atoms with Crippen molar-refractivity contribution in [1.82, 2.24) is 4.98 Å². The van der Waals surface area contributed by atoms with E-state index in [2.05, 4.69) is 10.3 Å². The van der Waals surface area contributed by atoms with Gasteiger partial charge in [-0.2, -0.15) is 0 Å². The average molecular weight is 343 g/mol. The van der Waals surface area contributed by atoms with Crippen LogP contribution in [0, 0.1) is 18.8 Å². The Morgan fingerprint density at radius 3 is 2.50 bits per heavy atom. The summed E-state index contributed by atoms with van der Waals surface area (Å²) in [4.78, 5) is 28.1. The van der Waals surface area contributed by atoms with Crippen molar-refractivity contribution in [3.8, 4) is 11.3 Å². The van der Waals surface area contributed by atoms with E-state index in [9.17, 15) is 14.7 Å². The summed E-state index contributed by atoms with van der Waals surface area (Å²) in [5, 5.41) is 16.4. The van der Waals surface area contributed by atoms with Crippen molar-refractivity contribution in [1.29, 1.82) is 0 Å². The van der Waals surface area contributed by atoms with Gasteiger partial charge < -0.3 is 15.2 Å². The highest BCUT2D eigenvalue weighted by molar-refractivity contribution is 7.14. The zero-order valence-electron chi connectivity index (χ0n) is 13.5. The number of hydrogen-bond donors (Lipinski definition) is 1. The fourth-order valence-electron chi connectivity index (χ4n) is 3.11. The smallest absolute Gasteiger partial charge is 0.229 e. The van der Waals surface area contributed by atoms with Crippen molar-refractivity contribution >= 4 is 28.3 Å². The zero-order chi connectivity index (χ0) is 17.1. The summed E-state index contributed by atoms with van der Waals surface area (Å²) in [5.74, 6) is -2.63. The van der Waals surface area contributed by atoms with Gasteiger partial charge >= 0.3 is 0 Å². The highest BCUT2D eigenvalue weighted by Crippen LogP contribution is 2.32. The van der Waals surface area contributed by atoms with Gasteiger partial charge in [0.2, 0.25) is 5.91 Å². The van der Waals surface area contributed by atoms with Crippen LogP contribution in [0.1, 0.15) is 31.2 Å². The van der Waals surface area contributed by atoms with Gasteiger partial charge in [0.15, 0.2) is 5.13 Å². The van der Waals surface area contributed by atoms with Crippen LogP contribution in [0.5, 0.6) is 0 Å². The molecule has 0 unspecified atom stereocenters. The molecule has 1 heterocycles.